The van der Waals surface area contributed by atoms with Gasteiger partial charge in [-0.25, -0.2) is 4.79 Å². The van der Waals surface area contributed by atoms with Crippen LogP contribution in [0.5, 0.6) is 0 Å². The molecule has 88 valence electrons. The van der Waals surface area contributed by atoms with Gasteiger partial charge in [-0.15, -0.1) is 0 Å². The Hall–Kier alpha value is -0.710. The first-order valence-electron chi connectivity index (χ1n) is 4.94. The Bertz CT molecular complexity index is 206. The third kappa shape index (κ3) is 7.25. The van der Waals surface area contributed by atoms with Crippen molar-refractivity contribution in [2.24, 2.45) is 0 Å². The van der Waals surface area contributed by atoms with Gasteiger partial charge in [-0.2, -0.15) is 11.8 Å². The van der Waals surface area contributed by atoms with E-state index in [1.54, 1.807) is 18.7 Å². The minimum atomic E-state index is -0.753. The van der Waals surface area contributed by atoms with Gasteiger partial charge < -0.3 is 9.47 Å². The average molecular weight is 234 g/mol. The molecule has 0 bridgehead atoms. The third-order valence-corrected chi connectivity index (χ3v) is 2.38. The molecular formula is C10H18O4S. The molecule has 0 aliphatic rings. The van der Waals surface area contributed by atoms with E-state index in [4.69, 9.17) is 9.47 Å². The van der Waals surface area contributed by atoms with Gasteiger partial charge >= 0.3 is 11.9 Å². The summed E-state index contributed by atoms with van der Waals surface area (Å²) >= 11 is 1.70. The second-order valence-electron chi connectivity index (χ2n) is 3.02. The summed E-state index contributed by atoms with van der Waals surface area (Å²) in [6, 6.07) is 0. The summed E-state index contributed by atoms with van der Waals surface area (Å²) in [4.78, 5) is 22.0. The molecule has 0 aromatic rings. The van der Waals surface area contributed by atoms with E-state index < -0.39 is 18.0 Å². The molecule has 0 radical (unpaired) electrons. The molecular weight excluding hydrogens is 216 g/mol. The number of carbonyl (C=O) groups excluding carboxylic acids is 2. The number of carbonyl (C=O) groups is 2. The van der Waals surface area contributed by atoms with Crippen LogP contribution in [0.15, 0.2) is 0 Å². The molecule has 0 saturated carbocycles. The number of thioether (sulfide) groups is 1. The van der Waals surface area contributed by atoms with E-state index in [1.165, 1.54) is 6.92 Å². The fraction of sp³-hybridized carbons (Fsp3) is 0.800. The van der Waals surface area contributed by atoms with Crippen LogP contribution in [-0.2, 0) is 19.1 Å². The molecule has 4 nitrogen and oxygen atoms in total. The maximum Gasteiger partial charge on any atom is 0.347 e. The highest BCUT2D eigenvalue weighted by Crippen LogP contribution is 2.03. The Balaban J connectivity index is 3.78. The van der Waals surface area contributed by atoms with Crippen LogP contribution in [0.1, 0.15) is 26.7 Å². The number of rotatable bonds is 7. The van der Waals surface area contributed by atoms with Crippen molar-refractivity contribution in [2.45, 2.75) is 32.8 Å². The van der Waals surface area contributed by atoms with Gasteiger partial charge in [0.25, 0.3) is 0 Å². The highest BCUT2D eigenvalue weighted by Gasteiger charge is 2.20. The molecule has 0 N–H and O–H groups in total. The second-order valence-corrected chi connectivity index (χ2v) is 4.01. The van der Waals surface area contributed by atoms with Gasteiger partial charge in [-0.05, 0) is 24.9 Å². The Labute approximate surface area is 94.7 Å². The van der Waals surface area contributed by atoms with Crippen molar-refractivity contribution in [1.82, 2.24) is 0 Å². The summed E-state index contributed by atoms with van der Waals surface area (Å²) in [6.07, 6.45) is 2.51. The van der Waals surface area contributed by atoms with Crippen LogP contribution in [0.25, 0.3) is 0 Å². The van der Waals surface area contributed by atoms with Crippen LogP contribution in [0.4, 0.5) is 0 Å². The molecule has 1 atom stereocenters. The van der Waals surface area contributed by atoms with E-state index in [9.17, 15) is 9.59 Å². The lowest BCUT2D eigenvalue weighted by Gasteiger charge is -2.13. The fourth-order valence-electron chi connectivity index (χ4n) is 0.967. The minimum Gasteiger partial charge on any atom is -0.463 e. The van der Waals surface area contributed by atoms with Crippen LogP contribution < -0.4 is 0 Å². The van der Waals surface area contributed by atoms with Crippen molar-refractivity contribution < 1.29 is 19.1 Å². The van der Waals surface area contributed by atoms with Gasteiger partial charge in [0.05, 0.1) is 6.61 Å². The van der Waals surface area contributed by atoms with Crippen molar-refractivity contribution >= 4 is 23.7 Å². The summed E-state index contributed by atoms with van der Waals surface area (Å²) in [6.45, 7) is 3.44. The van der Waals surface area contributed by atoms with Crippen LogP contribution in [0.2, 0.25) is 0 Å². The summed E-state index contributed by atoms with van der Waals surface area (Å²) < 4.78 is 9.77. The Kier molecular flexibility index (Phi) is 8.18. The van der Waals surface area contributed by atoms with E-state index in [0.717, 1.165) is 12.2 Å². The summed E-state index contributed by atoms with van der Waals surface area (Å²) in [7, 11) is 0. The molecule has 0 saturated heterocycles. The molecule has 5 heteroatoms. The zero-order valence-corrected chi connectivity index (χ0v) is 10.3. The number of esters is 2. The van der Waals surface area contributed by atoms with Crippen LogP contribution in [-0.4, -0.2) is 36.7 Å². The lowest BCUT2D eigenvalue weighted by atomic mass is 10.3. The molecule has 1 unspecified atom stereocenters. The van der Waals surface area contributed by atoms with Crippen LogP contribution >= 0.6 is 11.8 Å². The van der Waals surface area contributed by atoms with Gasteiger partial charge in [-0.1, -0.05) is 6.92 Å². The zero-order valence-electron chi connectivity index (χ0n) is 9.45. The van der Waals surface area contributed by atoms with Crippen molar-refractivity contribution in [3.63, 3.8) is 0 Å². The van der Waals surface area contributed by atoms with E-state index >= 15 is 0 Å². The number of ether oxygens (including phenoxy) is 2. The molecule has 15 heavy (non-hydrogen) atoms. The monoisotopic (exact) mass is 234 g/mol. The minimum absolute atomic E-state index is 0.386. The summed E-state index contributed by atoms with van der Waals surface area (Å²) in [5, 5.41) is 0. The molecule has 0 aromatic carbocycles. The van der Waals surface area contributed by atoms with Crippen molar-refractivity contribution in [3.05, 3.63) is 0 Å². The summed E-state index contributed by atoms with van der Waals surface area (Å²) in [5.74, 6) is 0.0502. The van der Waals surface area contributed by atoms with Crippen LogP contribution in [0, 0.1) is 0 Å². The first-order valence-corrected chi connectivity index (χ1v) is 6.34. The predicted molar refractivity (Wildman–Crippen MR) is 59.8 cm³/mol. The highest BCUT2D eigenvalue weighted by atomic mass is 32.2. The van der Waals surface area contributed by atoms with Crippen LogP contribution in [0.3, 0.4) is 0 Å². The van der Waals surface area contributed by atoms with E-state index in [0.29, 0.717) is 13.0 Å². The van der Waals surface area contributed by atoms with E-state index in [1.807, 2.05) is 6.26 Å². The standard InChI is InChI=1S/C10H18O4S/c1-4-9(14-8(2)11)10(12)13-6-5-7-15-3/h9H,4-7H2,1-3H3. The molecule has 0 heterocycles. The van der Waals surface area contributed by atoms with Gasteiger partial charge in [0.2, 0.25) is 0 Å². The Morgan fingerprint density at radius 1 is 1.40 bits per heavy atom. The molecule has 0 spiro atoms. The van der Waals surface area contributed by atoms with E-state index in [2.05, 4.69) is 0 Å². The van der Waals surface area contributed by atoms with Gasteiger partial charge in [0.1, 0.15) is 0 Å². The van der Waals surface area contributed by atoms with Gasteiger partial charge in [0.15, 0.2) is 6.10 Å². The lowest BCUT2D eigenvalue weighted by molar-refractivity contribution is -0.166. The topological polar surface area (TPSA) is 52.6 Å². The zero-order chi connectivity index (χ0) is 11.7. The van der Waals surface area contributed by atoms with Crippen molar-refractivity contribution in [2.75, 3.05) is 18.6 Å². The quantitative estimate of drug-likeness (QED) is 0.495. The maximum atomic E-state index is 11.4. The molecule has 0 fully saturated rings. The summed E-state index contributed by atoms with van der Waals surface area (Å²) in [5.41, 5.74) is 0. The van der Waals surface area contributed by atoms with Crippen molar-refractivity contribution in [1.29, 1.82) is 0 Å². The van der Waals surface area contributed by atoms with Crippen molar-refractivity contribution in [3.8, 4) is 0 Å². The largest absolute Gasteiger partial charge is 0.463 e. The average Bonchev–Trinajstić information content (AvgIpc) is 2.20. The first-order chi connectivity index (χ1) is 7.11. The predicted octanol–water partition coefficient (Wildman–Crippen LogP) is 1.62. The third-order valence-electron chi connectivity index (χ3n) is 1.68. The van der Waals surface area contributed by atoms with Gasteiger partial charge in [-0.3, -0.25) is 4.79 Å². The SMILES string of the molecule is CCC(OC(C)=O)C(=O)OCCCSC. The number of hydrogen-bond acceptors (Lipinski definition) is 5. The lowest BCUT2D eigenvalue weighted by Crippen LogP contribution is -2.28. The first kappa shape index (κ1) is 14.3. The molecule has 0 aromatic heterocycles. The normalized spacial score (nSPS) is 11.9. The second kappa shape index (κ2) is 8.59. The molecule has 0 amide bonds. The smallest absolute Gasteiger partial charge is 0.347 e. The fourth-order valence-corrected chi connectivity index (χ4v) is 1.37. The Morgan fingerprint density at radius 2 is 2.07 bits per heavy atom. The number of hydrogen-bond donors (Lipinski definition) is 0. The molecule has 0 aliphatic heterocycles. The maximum absolute atomic E-state index is 11.4. The van der Waals surface area contributed by atoms with Gasteiger partial charge in [0, 0.05) is 6.92 Å². The van der Waals surface area contributed by atoms with E-state index in [-0.39, 0.29) is 0 Å². The molecule has 0 aliphatic carbocycles. The Morgan fingerprint density at radius 3 is 2.53 bits per heavy atom. The molecule has 0 rings (SSSR count). The highest BCUT2D eigenvalue weighted by molar-refractivity contribution is 7.98.